The standard InChI is InChI=1S/C17H16N2Si/c1-20(15-9-3-2-4-10-15,16-11-5-7-13-18-16)17-12-6-8-14-19-17/h2-14H,1H3. The molecule has 3 heteroatoms. The first-order valence-electron chi connectivity index (χ1n) is 6.70. The Bertz CT molecular complexity index is 572. The molecule has 0 aliphatic rings. The van der Waals surface area contributed by atoms with Crippen LogP contribution in [-0.2, 0) is 0 Å². The fraction of sp³-hybridized carbons (Fsp3) is 0.0588. The van der Waals surface area contributed by atoms with Gasteiger partial charge in [0, 0.05) is 23.0 Å². The van der Waals surface area contributed by atoms with Gasteiger partial charge in [0.05, 0.1) is 0 Å². The Morgan fingerprint density at radius 3 is 1.60 bits per heavy atom. The maximum absolute atomic E-state index is 4.63. The Morgan fingerprint density at radius 2 is 1.15 bits per heavy atom. The predicted octanol–water partition coefficient (Wildman–Crippen LogP) is 1.58. The summed E-state index contributed by atoms with van der Waals surface area (Å²) in [5.74, 6) is 0. The monoisotopic (exact) mass is 276 g/mol. The third-order valence-electron chi connectivity index (χ3n) is 3.71. The van der Waals surface area contributed by atoms with Crippen molar-refractivity contribution >= 4 is 23.9 Å². The van der Waals surface area contributed by atoms with Crippen LogP contribution in [0, 0.1) is 0 Å². The molecule has 0 radical (unpaired) electrons. The molecule has 0 bridgehead atoms. The van der Waals surface area contributed by atoms with Gasteiger partial charge in [0.2, 0.25) is 0 Å². The van der Waals surface area contributed by atoms with E-state index in [4.69, 9.17) is 0 Å². The highest BCUT2D eigenvalue weighted by molar-refractivity contribution is 7.09. The fourth-order valence-corrected chi connectivity index (χ4v) is 5.75. The minimum atomic E-state index is -2.10. The molecule has 1 aromatic carbocycles. The van der Waals surface area contributed by atoms with E-state index in [0.29, 0.717) is 0 Å². The van der Waals surface area contributed by atoms with E-state index in [-0.39, 0.29) is 0 Å². The van der Waals surface area contributed by atoms with Crippen LogP contribution in [0.4, 0.5) is 0 Å². The summed E-state index contributed by atoms with van der Waals surface area (Å²) in [6.07, 6.45) is 3.74. The van der Waals surface area contributed by atoms with E-state index in [1.165, 1.54) is 5.19 Å². The van der Waals surface area contributed by atoms with Crippen LogP contribution in [0.15, 0.2) is 79.1 Å². The van der Waals surface area contributed by atoms with Gasteiger partial charge in [-0.2, -0.15) is 0 Å². The van der Waals surface area contributed by atoms with Gasteiger partial charge in [-0.25, -0.2) is 0 Å². The van der Waals surface area contributed by atoms with Crippen molar-refractivity contribution in [3.63, 3.8) is 0 Å². The SMILES string of the molecule is C[Si](c1ccccc1)(c1ccccn1)c1ccccn1. The van der Waals surface area contributed by atoms with Gasteiger partial charge in [0.15, 0.2) is 8.07 Å². The number of benzene rings is 1. The summed E-state index contributed by atoms with van der Waals surface area (Å²) >= 11 is 0. The molecule has 0 aliphatic carbocycles. The quantitative estimate of drug-likeness (QED) is 0.679. The molecular formula is C17H16N2Si. The van der Waals surface area contributed by atoms with Gasteiger partial charge in [0.1, 0.15) is 0 Å². The summed E-state index contributed by atoms with van der Waals surface area (Å²) < 4.78 is 0. The maximum atomic E-state index is 4.63. The Balaban J connectivity index is 2.24. The average Bonchev–Trinajstić information content (AvgIpc) is 2.56. The fourth-order valence-electron chi connectivity index (χ4n) is 2.52. The molecule has 0 saturated heterocycles. The Labute approximate surface area is 120 Å². The van der Waals surface area contributed by atoms with Gasteiger partial charge in [0.25, 0.3) is 0 Å². The van der Waals surface area contributed by atoms with Crippen LogP contribution >= 0.6 is 0 Å². The van der Waals surface area contributed by atoms with Crippen molar-refractivity contribution < 1.29 is 0 Å². The van der Waals surface area contributed by atoms with Gasteiger partial charge in [-0.15, -0.1) is 0 Å². The normalized spacial score (nSPS) is 11.2. The first-order chi connectivity index (χ1) is 9.82. The molecule has 0 aliphatic heterocycles. The minimum absolute atomic E-state index is 1.14. The lowest BCUT2D eigenvalue weighted by molar-refractivity contribution is 1.34. The highest BCUT2D eigenvalue weighted by atomic mass is 28.3. The Morgan fingerprint density at radius 1 is 0.650 bits per heavy atom. The topological polar surface area (TPSA) is 25.8 Å². The molecule has 3 rings (SSSR count). The van der Waals surface area contributed by atoms with E-state index in [1.54, 1.807) is 0 Å². The van der Waals surface area contributed by atoms with E-state index in [2.05, 4.69) is 71.1 Å². The van der Waals surface area contributed by atoms with Crippen molar-refractivity contribution in [3.8, 4) is 0 Å². The highest BCUT2D eigenvalue weighted by Gasteiger charge is 2.36. The second-order valence-electron chi connectivity index (χ2n) is 4.92. The van der Waals surface area contributed by atoms with Crippen LogP contribution in [-0.4, -0.2) is 18.0 Å². The van der Waals surface area contributed by atoms with E-state index in [9.17, 15) is 0 Å². The van der Waals surface area contributed by atoms with Gasteiger partial charge >= 0.3 is 0 Å². The van der Waals surface area contributed by atoms with E-state index in [0.717, 1.165) is 10.6 Å². The zero-order valence-corrected chi connectivity index (χ0v) is 12.4. The number of rotatable bonds is 3. The summed E-state index contributed by atoms with van der Waals surface area (Å²) in [7, 11) is -2.10. The van der Waals surface area contributed by atoms with Crippen molar-refractivity contribution in [1.82, 2.24) is 9.97 Å². The number of hydrogen-bond donors (Lipinski definition) is 0. The Hall–Kier alpha value is -2.26. The number of nitrogens with zero attached hydrogens (tertiary/aromatic N) is 2. The maximum Gasteiger partial charge on any atom is 0.190 e. The highest BCUT2D eigenvalue weighted by Crippen LogP contribution is 2.03. The second kappa shape index (κ2) is 5.39. The van der Waals surface area contributed by atoms with Gasteiger partial charge in [-0.1, -0.05) is 49.0 Å². The van der Waals surface area contributed by atoms with Gasteiger partial charge in [-0.3, -0.25) is 9.97 Å². The summed E-state index contributed by atoms with van der Waals surface area (Å²) in [6, 6.07) is 22.9. The smallest absolute Gasteiger partial charge is 0.190 e. The number of aromatic nitrogens is 2. The van der Waals surface area contributed by atoms with Crippen LogP contribution in [0.5, 0.6) is 0 Å². The van der Waals surface area contributed by atoms with Crippen LogP contribution in [0.25, 0.3) is 0 Å². The van der Waals surface area contributed by atoms with E-state index < -0.39 is 8.07 Å². The first kappa shape index (κ1) is 12.8. The van der Waals surface area contributed by atoms with Crippen LogP contribution < -0.4 is 15.8 Å². The molecular weight excluding hydrogens is 260 g/mol. The largest absolute Gasteiger partial charge is 0.265 e. The molecule has 0 spiro atoms. The van der Waals surface area contributed by atoms with Crippen molar-refractivity contribution in [3.05, 3.63) is 79.1 Å². The molecule has 3 aromatic rings. The summed E-state index contributed by atoms with van der Waals surface area (Å²) in [5, 5.41) is 3.62. The molecule has 0 atom stereocenters. The number of pyridine rings is 2. The van der Waals surface area contributed by atoms with Crippen LogP contribution in [0.1, 0.15) is 0 Å². The van der Waals surface area contributed by atoms with Crippen molar-refractivity contribution in [1.29, 1.82) is 0 Å². The molecule has 0 N–H and O–H groups in total. The third-order valence-corrected chi connectivity index (χ3v) is 7.83. The van der Waals surface area contributed by atoms with Crippen molar-refractivity contribution in [2.75, 3.05) is 0 Å². The Kier molecular flexibility index (Phi) is 3.44. The van der Waals surface area contributed by atoms with Crippen LogP contribution in [0.2, 0.25) is 6.55 Å². The lowest BCUT2D eigenvalue weighted by Gasteiger charge is -2.26. The lowest BCUT2D eigenvalue weighted by atomic mass is 10.4. The summed E-state index contributed by atoms with van der Waals surface area (Å²) in [6.45, 7) is 2.31. The lowest BCUT2D eigenvalue weighted by Crippen LogP contribution is -2.66. The van der Waals surface area contributed by atoms with Crippen molar-refractivity contribution in [2.24, 2.45) is 0 Å². The zero-order chi connectivity index (χ0) is 13.8. The minimum Gasteiger partial charge on any atom is -0.265 e. The van der Waals surface area contributed by atoms with E-state index >= 15 is 0 Å². The summed E-state index contributed by atoms with van der Waals surface area (Å²) in [4.78, 5) is 9.25. The zero-order valence-electron chi connectivity index (χ0n) is 11.4. The molecule has 2 aromatic heterocycles. The molecule has 0 fully saturated rings. The predicted molar refractivity (Wildman–Crippen MR) is 85.4 cm³/mol. The average molecular weight is 276 g/mol. The molecule has 2 nitrogen and oxygen atoms in total. The molecule has 2 heterocycles. The second-order valence-corrected chi connectivity index (χ2v) is 8.77. The van der Waals surface area contributed by atoms with E-state index in [1.807, 2.05) is 24.5 Å². The van der Waals surface area contributed by atoms with Crippen LogP contribution in [0.3, 0.4) is 0 Å². The van der Waals surface area contributed by atoms with Crippen molar-refractivity contribution in [2.45, 2.75) is 6.55 Å². The third kappa shape index (κ3) is 2.16. The van der Waals surface area contributed by atoms with Gasteiger partial charge < -0.3 is 0 Å². The molecule has 0 amide bonds. The molecule has 20 heavy (non-hydrogen) atoms. The molecule has 0 unspecified atom stereocenters. The molecule has 98 valence electrons. The first-order valence-corrected chi connectivity index (χ1v) is 9.20. The summed E-state index contributed by atoms with van der Waals surface area (Å²) in [5.41, 5.74) is 0. The molecule has 0 saturated carbocycles. The number of hydrogen-bond acceptors (Lipinski definition) is 2. The van der Waals surface area contributed by atoms with Gasteiger partial charge in [-0.05, 0) is 29.5 Å².